The van der Waals surface area contributed by atoms with E-state index in [2.05, 4.69) is 12.1 Å². The molecule has 0 saturated carbocycles. The zero-order valence-corrected chi connectivity index (χ0v) is 6.64. The minimum absolute atomic E-state index is 0.200. The van der Waals surface area contributed by atoms with Gasteiger partial charge in [0.2, 0.25) is 0 Å². The van der Waals surface area contributed by atoms with E-state index in [9.17, 15) is 0 Å². The van der Waals surface area contributed by atoms with Gasteiger partial charge in [-0.2, -0.15) is 0 Å². The van der Waals surface area contributed by atoms with E-state index < -0.39 is 0 Å². The SMILES string of the molecule is CCC(C)=NOC(C)C. The van der Waals surface area contributed by atoms with Gasteiger partial charge in [-0.1, -0.05) is 12.1 Å². The van der Waals surface area contributed by atoms with E-state index in [0.29, 0.717) is 0 Å². The van der Waals surface area contributed by atoms with Gasteiger partial charge in [-0.05, 0) is 27.2 Å². The molecule has 0 N–H and O–H groups in total. The van der Waals surface area contributed by atoms with E-state index >= 15 is 0 Å². The van der Waals surface area contributed by atoms with Crippen molar-refractivity contribution >= 4 is 5.71 Å². The van der Waals surface area contributed by atoms with Crippen molar-refractivity contribution in [2.45, 2.75) is 40.2 Å². The molecule has 9 heavy (non-hydrogen) atoms. The maximum atomic E-state index is 4.98. The molecule has 0 unspecified atom stereocenters. The average molecular weight is 129 g/mol. The highest BCUT2D eigenvalue weighted by molar-refractivity contribution is 5.80. The van der Waals surface area contributed by atoms with Crippen molar-refractivity contribution in [2.24, 2.45) is 5.16 Å². The lowest BCUT2D eigenvalue weighted by molar-refractivity contribution is 0.0854. The number of rotatable bonds is 3. The lowest BCUT2D eigenvalue weighted by atomic mass is 10.3. The highest BCUT2D eigenvalue weighted by atomic mass is 16.6. The molecule has 0 atom stereocenters. The van der Waals surface area contributed by atoms with Gasteiger partial charge in [0.25, 0.3) is 0 Å². The molecule has 0 aromatic rings. The molecule has 0 bridgehead atoms. The molecule has 54 valence electrons. The van der Waals surface area contributed by atoms with Crippen LogP contribution in [0.3, 0.4) is 0 Å². The number of hydrogen-bond donors (Lipinski definition) is 0. The van der Waals surface area contributed by atoms with E-state index in [1.807, 2.05) is 20.8 Å². The van der Waals surface area contributed by atoms with Crippen molar-refractivity contribution in [3.63, 3.8) is 0 Å². The Morgan fingerprint density at radius 1 is 1.56 bits per heavy atom. The molecule has 0 aliphatic heterocycles. The van der Waals surface area contributed by atoms with Crippen LogP contribution in [-0.2, 0) is 4.84 Å². The van der Waals surface area contributed by atoms with Gasteiger partial charge in [-0.15, -0.1) is 0 Å². The Balaban J connectivity index is 3.43. The van der Waals surface area contributed by atoms with Gasteiger partial charge in [0.15, 0.2) is 0 Å². The third-order valence-corrected chi connectivity index (χ3v) is 0.931. The Morgan fingerprint density at radius 3 is 2.44 bits per heavy atom. The summed E-state index contributed by atoms with van der Waals surface area (Å²) >= 11 is 0. The first kappa shape index (κ1) is 8.47. The highest BCUT2D eigenvalue weighted by Gasteiger charge is 1.89. The minimum Gasteiger partial charge on any atom is -0.393 e. The summed E-state index contributed by atoms with van der Waals surface area (Å²) < 4.78 is 0. The van der Waals surface area contributed by atoms with Crippen molar-refractivity contribution in [1.82, 2.24) is 0 Å². The predicted molar refractivity (Wildman–Crippen MR) is 39.6 cm³/mol. The molecule has 0 spiro atoms. The smallest absolute Gasteiger partial charge is 0.122 e. The zero-order chi connectivity index (χ0) is 7.28. The molecule has 0 aromatic heterocycles. The topological polar surface area (TPSA) is 21.6 Å². The average Bonchev–Trinajstić information content (AvgIpc) is 1.83. The summed E-state index contributed by atoms with van der Waals surface area (Å²) in [6.45, 7) is 7.95. The highest BCUT2D eigenvalue weighted by Crippen LogP contribution is 1.91. The predicted octanol–water partition coefficient (Wildman–Crippen LogP) is 2.20. The van der Waals surface area contributed by atoms with E-state index in [1.54, 1.807) is 0 Å². The third-order valence-electron chi connectivity index (χ3n) is 0.931. The number of hydrogen-bond acceptors (Lipinski definition) is 2. The number of oxime groups is 1. The first-order valence-corrected chi connectivity index (χ1v) is 3.36. The number of nitrogens with zero attached hydrogens (tertiary/aromatic N) is 1. The van der Waals surface area contributed by atoms with E-state index in [-0.39, 0.29) is 6.10 Å². The van der Waals surface area contributed by atoms with Crippen LogP contribution in [0.15, 0.2) is 5.16 Å². The van der Waals surface area contributed by atoms with Gasteiger partial charge >= 0.3 is 0 Å². The van der Waals surface area contributed by atoms with Crippen LogP contribution in [0.2, 0.25) is 0 Å². The lowest BCUT2D eigenvalue weighted by Gasteiger charge is -2.01. The van der Waals surface area contributed by atoms with Gasteiger partial charge in [0.05, 0.1) is 5.71 Å². The van der Waals surface area contributed by atoms with Crippen LogP contribution in [0.25, 0.3) is 0 Å². The summed E-state index contributed by atoms with van der Waals surface area (Å²) in [7, 11) is 0. The van der Waals surface area contributed by atoms with Crippen molar-refractivity contribution < 1.29 is 4.84 Å². The molecule has 2 heteroatoms. The normalized spacial score (nSPS) is 12.3. The monoisotopic (exact) mass is 129 g/mol. The zero-order valence-electron chi connectivity index (χ0n) is 6.64. The van der Waals surface area contributed by atoms with Crippen LogP contribution in [0.1, 0.15) is 34.1 Å². The Hall–Kier alpha value is -0.530. The second-order valence-corrected chi connectivity index (χ2v) is 2.33. The quantitative estimate of drug-likeness (QED) is 0.423. The van der Waals surface area contributed by atoms with Crippen LogP contribution in [0, 0.1) is 0 Å². The fourth-order valence-electron chi connectivity index (χ4n) is 0.260. The molecule has 2 nitrogen and oxygen atoms in total. The van der Waals surface area contributed by atoms with Gasteiger partial charge < -0.3 is 4.84 Å². The van der Waals surface area contributed by atoms with Gasteiger partial charge in [0.1, 0.15) is 6.10 Å². The van der Waals surface area contributed by atoms with E-state index in [0.717, 1.165) is 12.1 Å². The Labute approximate surface area is 56.9 Å². The fourth-order valence-corrected chi connectivity index (χ4v) is 0.260. The van der Waals surface area contributed by atoms with Crippen molar-refractivity contribution in [3.8, 4) is 0 Å². The molecule has 0 heterocycles. The molecule has 0 aliphatic rings. The van der Waals surface area contributed by atoms with Crippen LogP contribution in [0.4, 0.5) is 0 Å². The molecular formula is C7H15NO. The summed E-state index contributed by atoms with van der Waals surface area (Å²) in [5, 5.41) is 3.86. The minimum atomic E-state index is 0.200. The standard InChI is InChI=1S/C7H15NO/c1-5-7(4)8-9-6(2)3/h6H,5H2,1-4H3. The Bertz CT molecular complexity index is 97.1. The molecular weight excluding hydrogens is 114 g/mol. The first-order valence-electron chi connectivity index (χ1n) is 3.36. The summed E-state index contributed by atoms with van der Waals surface area (Å²) in [5.74, 6) is 0. The molecule has 0 saturated heterocycles. The van der Waals surface area contributed by atoms with Crippen molar-refractivity contribution in [3.05, 3.63) is 0 Å². The molecule has 0 rings (SSSR count). The molecule has 0 radical (unpaired) electrons. The molecule has 0 fully saturated rings. The van der Waals surface area contributed by atoms with E-state index in [4.69, 9.17) is 4.84 Å². The maximum Gasteiger partial charge on any atom is 0.122 e. The van der Waals surface area contributed by atoms with Gasteiger partial charge in [-0.25, -0.2) is 0 Å². The maximum absolute atomic E-state index is 4.98. The molecule has 0 aromatic carbocycles. The second kappa shape index (κ2) is 4.36. The van der Waals surface area contributed by atoms with Crippen LogP contribution >= 0.6 is 0 Å². The summed E-state index contributed by atoms with van der Waals surface area (Å²) in [5.41, 5.74) is 1.05. The first-order chi connectivity index (χ1) is 4.16. The summed E-state index contributed by atoms with van der Waals surface area (Å²) in [4.78, 5) is 4.98. The van der Waals surface area contributed by atoms with Gasteiger partial charge in [0, 0.05) is 0 Å². The van der Waals surface area contributed by atoms with Crippen molar-refractivity contribution in [1.29, 1.82) is 0 Å². The Morgan fingerprint density at radius 2 is 2.11 bits per heavy atom. The molecule has 0 amide bonds. The third kappa shape index (κ3) is 5.34. The molecule has 0 aliphatic carbocycles. The second-order valence-electron chi connectivity index (χ2n) is 2.33. The largest absolute Gasteiger partial charge is 0.393 e. The Kier molecular flexibility index (Phi) is 4.10. The fraction of sp³-hybridized carbons (Fsp3) is 0.857. The summed E-state index contributed by atoms with van der Waals surface area (Å²) in [6, 6.07) is 0. The van der Waals surface area contributed by atoms with Crippen LogP contribution in [-0.4, -0.2) is 11.8 Å². The van der Waals surface area contributed by atoms with Gasteiger partial charge in [-0.3, -0.25) is 0 Å². The van der Waals surface area contributed by atoms with Crippen LogP contribution < -0.4 is 0 Å². The van der Waals surface area contributed by atoms with Crippen LogP contribution in [0.5, 0.6) is 0 Å². The van der Waals surface area contributed by atoms with E-state index in [1.165, 1.54) is 0 Å². The lowest BCUT2D eigenvalue weighted by Crippen LogP contribution is -1.98. The summed E-state index contributed by atoms with van der Waals surface area (Å²) in [6.07, 6.45) is 1.17. The van der Waals surface area contributed by atoms with Crippen molar-refractivity contribution in [2.75, 3.05) is 0 Å².